The minimum absolute atomic E-state index is 0.140. The maximum Gasteiger partial charge on any atom is 0.251 e. The van der Waals surface area contributed by atoms with E-state index in [0.717, 1.165) is 31.2 Å². The molecule has 0 spiro atoms. The first-order valence-electron chi connectivity index (χ1n) is 6.71. The molecule has 1 aliphatic carbocycles. The van der Waals surface area contributed by atoms with E-state index in [4.69, 9.17) is 4.74 Å². The zero-order chi connectivity index (χ0) is 13.7. The molecule has 0 bridgehead atoms. The van der Waals surface area contributed by atoms with Gasteiger partial charge in [-0.25, -0.2) is 0 Å². The monoisotopic (exact) mass is 263 g/mol. The summed E-state index contributed by atoms with van der Waals surface area (Å²) in [5, 5.41) is 13.0. The molecule has 1 fully saturated rings. The number of methoxy groups -OCH3 is 1. The molecular formula is C15H21NO3. The van der Waals surface area contributed by atoms with Crippen molar-refractivity contribution in [3.8, 4) is 0 Å². The van der Waals surface area contributed by atoms with Crippen molar-refractivity contribution in [2.24, 2.45) is 0 Å². The van der Waals surface area contributed by atoms with Crippen LogP contribution < -0.4 is 5.32 Å². The summed E-state index contributed by atoms with van der Waals surface area (Å²) in [6.07, 6.45) is 3.62. The molecule has 104 valence electrons. The van der Waals surface area contributed by atoms with Gasteiger partial charge in [-0.15, -0.1) is 0 Å². The Morgan fingerprint density at radius 3 is 2.84 bits per heavy atom. The van der Waals surface area contributed by atoms with Crippen LogP contribution in [0.15, 0.2) is 24.3 Å². The Hall–Kier alpha value is -1.39. The molecular weight excluding hydrogens is 242 g/mol. The summed E-state index contributed by atoms with van der Waals surface area (Å²) in [5.41, 5.74) is 0.866. The number of rotatable bonds is 5. The van der Waals surface area contributed by atoms with Gasteiger partial charge in [-0.2, -0.15) is 0 Å². The summed E-state index contributed by atoms with van der Waals surface area (Å²) < 4.78 is 5.05. The van der Waals surface area contributed by atoms with E-state index in [0.29, 0.717) is 18.7 Å². The lowest BCUT2D eigenvalue weighted by atomic mass is 10.0. The van der Waals surface area contributed by atoms with E-state index in [1.807, 2.05) is 18.2 Å². The van der Waals surface area contributed by atoms with Gasteiger partial charge in [0.15, 0.2) is 0 Å². The fourth-order valence-corrected chi connectivity index (χ4v) is 2.53. The van der Waals surface area contributed by atoms with Crippen molar-refractivity contribution in [1.29, 1.82) is 0 Å². The molecule has 0 unspecified atom stereocenters. The van der Waals surface area contributed by atoms with Gasteiger partial charge in [-0.1, -0.05) is 25.0 Å². The van der Waals surface area contributed by atoms with Crippen LogP contribution in [0.3, 0.4) is 0 Å². The number of carbonyl (C=O) groups is 1. The number of hydrogen-bond donors (Lipinski definition) is 2. The third-order valence-electron chi connectivity index (χ3n) is 3.61. The molecule has 1 aromatic carbocycles. The van der Waals surface area contributed by atoms with Crippen LogP contribution in [0.1, 0.15) is 41.6 Å². The average Bonchev–Trinajstić information content (AvgIpc) is 2.84. The summed E-state index contributed by atoms with van der Waals surface area (Å²) in [4.78, 5) is 12.0. The van der Waals surface area contributed by atoms with E-state index < -0.39 is 5.60 Å². The maximum absolute atomic E-state index is 12.0. The van der Waals surface area contributed by atoms with Gasteiger partial charge in [0.2, 0.25) is 0 Å². The highest BCUT2D eigenvalue weighted by Gasteiger charge is 2.31. The van der Waals surface area contributed by atoms with Crippen molar-refractivity contribution in [3.05, 3.63) is 35.4 Å². The van der Waals surface area contributed by atoms with Crippen LogP contribution in [0.5, 0.6) is 0 Å². The predicted molar refractivity (Wildman–Crippen MR) is 72.9 cm³/mol. The molecule has 1 aliphatic rings. The Labute approximate surface area is 113 Å². The van der Waals surface area contributed by atoms with Crippen LogP contribution in [-0.4, -0.2) is 30.3 Å². The van der Waals surface area contributed by atoms with E-state index in [-0.39, 0.29) is 5.91 Å². The lowest BCUT2D eigenvalue weighted by Gasteiger charge is -2.22. The van der Waals surface area contributed by atoms with Crippen LogP contribution >= 0.6 is 0 Å². The Kier molecular flexibility index (Phi) is 4.56. The first-order chi connectivity index (χ1) is 9.13. The molecule has 2 N–H and O–H groups in total. The van der Waals surface area contributed by atoms with E-state index in [1.54, 1.807) is 13.2 Å². The first kappa shape index (κ1) is 14.0. The van der Waals surface area contributed by atoms with Gasteiger partial charge in [-0.3, -0.25) is 4.79 Å². The summed E-state index contributed by atoms with van der Waals surface area (Å²) in [5.74, 6) is -0.140. The molecule has 0 radical (unpaired) electrons. The lowest BCUT2D eigenvalue weighted by molar-refractivity contribution is 0.0449. The summed E-state index contributed by atoms with van der Waals surface area (Å²) >= 11 is 0. The number of ether oxygens (including phenoxy) is 1. The van der Waals surface area contributed by atoms with Crippen LogP contribution in [0.2, 0.25) is 0 Å². The van der Waals surface area contributed by atoms with E-state index in [2.05, 4.69) is 5.32 Å². The number of nitrogens with one attached hydrogen (secondary N) is 1. The number of benzene rings is 1. The molecule has 19 heavy (non-hydrogen) atoms. The van der Waals surface area contributed by atoms with Gasteiger partial charge in [0.25, 0.3) is 5.91 Å². The van der Waals surface area contributed by atoms with Gasteiger partial charge in [0.05, 0.1) is 12.2 Å². The van der Waals surface area contributed by atoms with Gasteiger partial charge >= 0.3 is 0 Å². The second-order valence-corrected chi connectivity index (χ2v) is 5.25. The van der Waals surface area contributed by atoms with Gasteiger partial charge in [0.1, 0.15) is 0 Å². The topological polar surface area (TPSA) is 58.6 Å². The molecule has 4 heteroatoms. The van der Waals surface area contributed by atoms with Gasteiger partial charge in [-0.05, 0) is 30.5 Å². The number of carbonyl (C=O) groups excluding carboxylic acids is 1. The van der Waals surface area contributed by atoms with E-state index in [9.17, 15) is 9.90 Å². The Bertz CT molecular complexity index is 439. The molecule has 1 aromatic rings. The third kappa shape index (κ3) is 3.78. The maximum atomic E-state index is 12.0. The summed E-state index contributed by atoms with van der Waals surface area (Å²) in [6, 6.07) is 7.35. The molecule has 0 heterocycles. The quantitative estimate of drug-likeness (QED) is 0.852. The Morgan fingerprint density at radius 2 is 2.16 bits per heavy atom. The number of hydrogen-bond acceptors (Lipinski definition) is 3. The van der Waals surface area contributed by atoms with E-state index >= 15 is 0 Å². The SMILES string of the molecule is COCc1cccc(C(=O)NCC2(O)CCCC2)c1. The van der Waals surface area contributed by atoms with Crippen LogP contribution in [-0.2, 0) is 11.3 Å². The molecule has 1 saturated carbocycles. The minimum Gasteiger partial charge on any atom is -0.388 e. The molecule has 0 saturated heterocycles. The van der Waals surface area contributed by atoms with Gasteiger partial charge in [0, 0.05) is 19.2 Å². The van der Waals surface area contributed by atoms with Crippen molar-refractivity contribution in [3.63, 3.8) is 0 Å². The Morgan fingerprint density at radius 1 is 1.42 bits per heavy atom. The zero-order valence-electron chi connectivity index (χ0n) is 11.3. The molecule has 4 nitrogen and oxygen atoms in total. The highest BCUT2D eigenvalue weighted by molar-refractivity contribution is 5.94. The van der Waals surface area contributed by atoms with Crippen molar-refractivity contribution in [2.45, 2.75) is 37.9 Å². The number of aliphatic hydroxyl groups is 1. The van der Waals surface area contributed by atoms with E-state index in [1.165, 1.54) is 0 Å². The summed E-state index contributed by atoms with van der Waals surface area (Å²) in [7, 11) is 1.63. The van der Waals surface area contributed by atoms with Crippen molar-refractivity contribution in [2.75, 3.05) is 13.7 Å². The third-order valence-corrected chi connectivity index (χ3v) is 3.61. The molecule has 1 amide bonds. The standard InChI is InChI=1S/C15H21NO3/c1-19-10-12-5-4-6-13(9-12)14(17)16-11-15(18)7-2-3-8-15/h4-6,9,18H,2-3,7-8,10-11H2,1H3,(H,16,17). The minimum atomic E-state index is -0.709. The number of amides is 1. The smallest absolute Gasteiger partial charge is 0.251 e. The van der Waals surface area contributed by atoms with Crippen molar-refractivity contribution >= 4 is 5.91 Å². The van der Waals surface area contributed by atoms with Crippen molar-refractivity contribution in [1.82, 2.24) is 5.32 Å². The fourth-order valence-electron chi connectivity index (χ4n) is 2.53. The largest absolute Gasteiger partial charge is 0.388 e. The zero-order valence-corrected chi connectivity index (χ0v) is 11.3. The second-order valence-electron chi connectivity index (χ2n) is 5.25. The summed E-state index contributed by atoms with van der Waals surface area (Å²) in [6.45, 7) is 0.825. The fraction of sp³-hybridized carbons (Fsp3) is 0.533. The lowest BCUT2D eigenvalue weighted by Crippen LogP contribution is -2.40. The molecule has 0 atom stereocenters. The normalized spacial score (nSPS) is 17.4. The predicted octanol–water partition coefficient (Wildman–Crippen LogP) is 1.87. The van der Waals surface area contributed by atoms with Crippen LogP contribution in [0.4, 0.5) is 0 Å². The van der Waals surface area contributed by atoms with Crippen LogP contribution in [0, 0.1) is 0 Å². The Balaban J connectivity index is 1.93. The average molecular weight is 263 g/mol. The molecule has 0 aliphatic heterocycles. The molecule has 2 rings (SSSR count). The van der Waals surface area contributed by atoms with Crippen molar-refractivity contribution < 1.29 is 14.6 Å². The first-order valence-corrected chi connectivity index (χ1v) is 6.71. The highest BCUT2D eigenvalue weighted by atomic mass is 16.5. The van der Waals surface area contributed by atoms with Gasteiger partial charge < -0.3 is 15.2 Å². The molecule has 0 aromatic heterocycles. The van der Waals surface area contributed by atoms with Crippen LogP contribution in [0.25, 0.3) is 0 Å². The second kappa shape index (κ2) is 6.17. The highest BCUT2D eigenvalue weighted by Crippen LogP contribution is 2.28.